The summed E-state index contributed by atoms with van der Waals surface area (Å²) in [6, 6.07) is 4.92. The average molecular weight is 276 g/mol. The maximum absolute atomic E-state index is 11.0. The van der Waals surface area contributed by atoms with Crippen LogP contribution in [0.1, 0.15) is 11.3 Å². The van der Waals surface area contributed by atoms with Crippen molar-refractivity contribution in [2.45, 2.75) is 13.0 Å². The van der Waals surface area contributed by atoms with Crippen LogP contribution in [0.2, 0.25) is 0 Å². The molecule has 2 aromatic rings. The number of aromatic nitrogens is 2. The van der Waals surface area contributed by atoms with Crippen LogP contribution in [0, 0.1) is 10.1 Å². The zero-order chi connectivity index (χ0) is 14.5. The minimum Gasteiger partial charge on any atom is -0.490 e. The summed E-state index contributed by atoms with van der Waals surface area (Å²) in [6.07, 6.45) is 4.31. The van der Waals surface area contributed by atoms with Gasteiger partial charge in [0, 0.05) is 25.2 Å². The number of hydrogen-bond donors (Lipinski definition) is 1. The molecule has 106 valence electrons. The second-order valence-corrected chi connectivity index (χ2v) is 4.34. The summed E-state index contributed by atoms with van der Waals surface area (Å²) in [5.74, 6) is 0.258. The summed E-state index contributed by atoms with van der Waals surface area (Å²) in [6.45, 7) is 1.06. The Kier molecular flexibility index (Phi) is 4.31. The Hall–Kier alpha value is -2.41. The van der Waals surface area contributed by atoms with Crippen LogP contribution in [-0.4, -0.2) is 28.1 Å². The molecule has 7 nitrogen and oxygen atoms in total. The molecule has 0 aliphatic carbocycles. The summed E-state index contributed by atoms with van der Waals surface area (Å²) in [5, 5.41) is 11.0. The minimum absolute atomic E-state index is 0.0349. The first kappa shape index (κ1) is 14.0. The minimum atomic E-state index is -0.448. The van der Waals surface area contributed by atoms with Gasteiger partial charge in [-0.05, 0) is 18.2 Å². The number of nitro groups is 1. The van der Waals surface area contributed by atoms with Gasteiger partial charge in [-0.15, -0.1) is 0 Å². The Morgan fingerprint density at radius 2 is 2.30 bits per heavy atom. The quantitative estimate of drug-likeness (QED) is 0.634. The third-order valence-corrected chi connectivity index (χ3v) is 2.89. The summed E-state index contributed by atoms with van der Waals surface area (Å²) < 4.78 is 6.84. The van der Waals surface area contributed by atoms with E-state index in [-0.39, 0.29) is 11.4 Å². The molecule has 0 amide bonds. The highest BCUT2D eigenvalue weighted by Crippen LogP contribution is 2.27. The molecule has 0 bridgehead atoms. The van der Waals surface area contributed by atoms with E-state index >= 15 is 0 Å². The molecule has 0 saturated carbocycles. The number of hydrogen-bond acceptors (Lipinski definition) is 5. The summed E-state index contributed by atoms with van der Waals surface area (Å²) in [4.78, 5) is 14.7. The van der Waals surface area contributed by atoms with Crippen molar-refractivity contribution in [1.82, 2.24) is 9.55 Å². The van der Waals surface area contributed by atoms with Crippen molar-refractivity contribution in [3.05, 3.63) is 52.1 Å². The molecule has 1 aromatic heterocycles. The number of ether oxygens (including phenoxy) is 1. The van der Waals surface area contributed by atoms with E-state index in [1.807, 2.05) is 10.8 Å². The average Bonchev–Trinajstić information content (AvgIpc) is 2.86. The maximum Gasteiger partial charge on any atom is 0.311 e. The highest BCUT2D eigenvalue weighted by atomic mass is 16.6. The van der Waals surface area contributed by atoms with E-state index in [2.05, 4.69) is 4.98 Å². The van der Waals surface area contributed by atoms with Crippen molar-refractivity contribution in [3.8, 4) is 5.75 Å². The van der Waals surface area contributed by atoms with Gasteiger partial charge in [0.05, 0.1) is 24.1 Å². The topological polar surface area (TPSA) is 96.2 Å². The first-order valence-corrected chi connectivity index (χ1v) is 6.16. The van der Waals surface area contributed by atoms with E-state index in [9.17, 15) is 10.1 Å². The monoisotopic (exact) mass is 276 g/mol. The van der Waals surface area contributed by atoms with E-state index in [1.165, 1.54) is 13.2 Å². The molecule has 2 N–H and O–H groups in total. The number of benzene rings is 1. The van der Waals surface area contributed by atoms with Gasteiger partial charge >= 0.3 is 5.69 Å². The number of rotatable bonds is 6. The molecule has 1 heterocycles. The van der Waals surface area contributed by atoms with Crippen LogP contribution in [-0.2, 0) is 13.0 Å². The zero-order valence-corrected chi connectivity index (χ0v) is 11.2. The number of imidazole rings is 1. The highest BCUT2D eigenvalue weighted by molar-refractivity contribution is 5.48. The summed E-state index contributed by atoms with van der Waals surface area (Å²) in [7, 11) is 1.41. The number of nitrogens with two attached hydrogens (primary N) is 1. The lowest BCUT2D eigenvalue weighted by molar-refractivity contribution is -0.385. The molecule has 0 saturated heterocycles. The lowest BCUT2D eigenvalue weighted by Crippen LogP contribution is -2.03. The van der Waals surface area contributed by atoms with Crippen molar-refractivity contribution in [3.63, 3.8) is 0 Å². The Morgan fingerprint density at radius 3 is 2.95 bits per heavy atom. The smallest absolute Gasteiger partial charge is 0.311 e. The van der Waals surface area contributed by atoms with Gasteiger partial charge in [-0.3, -0.25) is 10.1 Å². The number of methoxy groups -OCH3 is 1. The van der Waals surface area contributed by atoms with Crippen LogP contribution in [0.3, 0.4) is 0 Å². The second-order valence-electron chi connectivity index (χ2n) is 4.34. The van der Waals surface area contributed by atoms with Gasteiger partial charge < -0.3 is 15.0 Å². The second kappa shape index (κ2) is 6.16. The Labute approximate surface area is 116 Å². The fraction of sp³-hybridized carbons (Fsp3) is 0.308. The molecule has 0 atom stereocenters. The SMILES string of the molecule is COc1ccc(Cn2cnc(CCN)c2)cc1[N+](=O)[O-]. The molecule has 1 aromatic carbocycles. The van der Waals surface area contributed by atoms with Crippen molar-refractivity contribution in [2.24, 2.45) is 5.73 Å². The fourth-order valence-corrected chi connectivity index (χ4v) is 1.96. The van der Waals surface area contributed by atoms with Gasteiger partial charge in [-0.2, -0.15) is 0 Å². The number of nitro benzene ring substituents is 1. The van der Waals surface area contributed by atoms with Crippen molar-refractivity contribution in [1.29, 1.82) is 0 Å². The molecule has 0 unspecified atom stereocenters. The van der Waals surface area contributed by atoms with Crippen LogP contribution in [0.25, 0.3) is 0 Å². The Bertz CT molecular complexity index is 609. The molecule has 20 heavy (non-hydrogen) atoms. The molecule has 0 spiro atoms. The standard InChI is InChI=1S/C13H16N4O3/c1-20-13-3-2-10(6-12(13)17(18)19)7-16-8-11(4-5-14)15-9-16/h2-3,6,8-9H,4-5,7,14H2,1H3. The normalized spacial score (nSPS) is 10.5. The third kappa shape index (κ3) is 3.12. The van der Waals surface area contributed by atoms with E-state index in [0.717, 1.165) is 17.7 Å². The van der Waals surface area contributed by atoms with Crippen molar-refractivity contribution < 1.29 is 9.66 Å². The van der Waals surface area contributed by atoms with Gasteiger partial charge in [-0.1, -0.05) is 6.07 Å². The number of nitrogens with zero attached hydrogens (tertiary/aromatic N) is 3. The van der Waals surface area contributed by atoms with Gasteiger partial charge in [-0.25, -0.2) is 4.98 Å². The lowest BCUT2D eigenvalue weighted by atomic mass is 10.2. The van der Waals surface area contributed by atoms with E-state index < -0.39 is 4.92 Å². The van der Waals surface area contributed by atoms with Crippen LogP contribution in [0.4, 0.5) is 5.69 Å². The van der Waals surface area contributed by atoms with Crippen molar-refractivity contribution >= 4 is 5.69 Å². The summed E-state index contributed by atoms with van der Waals surface area (Å²) >= 11 is 0. The molecule has 2 rings (SSSR count). The van der Waals surface area contributed by atoms with Crippen LogP contribution in [0.5, 0.6) is 5.75 Å². The first-order chi connectivity index (χ1) is 9.63. The first-order valence-electron chi connectivity index (χ1n) is 6.16. The molecule has 0 aliphatic rings. The van der Waals surface area contributed by atoms with Crippen LogP contribution in [0.15, 0.2) is 30.7 Å². The lowest BCUT2D eigenvalue weighted by Gasteiger charge is -2.05. The van der Waals surface area contributed by atoms with Crippen LogP contribution < -0.4 is 10.5 Å². The largest absolute Gasteiger partial charge is 0.490 e. The maximum atomic E-state index is 11.0. The fourth-order valence-electron chi connectivity index (χ4n) is 1.96. The predicted molar refractivity (Wildman–Crippen MR) is 73.7 cm³/mol. The van der Waals surface area contributed by atoms with E-state index in [0.29, 0.717) is 13.1 Å². The van der Waals surface area contributed by atoms with E-state index in [4.69, 9.17) is 10.5 Å². The Balaban J connectivity index is 2.20. The molecular formula is C13H16N4O3. The zero-order valence-electron chi connectivity index (χ0n) is 11.2. The molecular weight excluding hydrogens is 260 g/mol. The molecule has 0 radical (unpaired) electrons. The molecule has 7 heteroatoms. The third-order valence-electron chi connectivity index (χ3n) is 2.89. The molecule has 0 aliphatic heterocycles. The summed E-state index contributed by atoms with van der Waals surface area (Å²) in [5.41, 5.74) is 7.16. The van der Waals surface area contributed by atoms with Gasteiger partial charge in [0.2, 0.25) is 0 Å². The Morgan fingerprint density at radius 1 is 1.50 bits per heavy atom. The van der Waals surface area contributed by atoms with E-state index in [1.54, 1.807) is 18.5 Å². The van der Waals surface area contributed by atoms with Crippen molar-refractivity contribution in [2.75, 3.05) is 13.7 Å². The molecule has 0 fully saturated rings. The van der Waals surface area contributed by atoms with Crippen LogP contribution >= 0.6 is 0 Å². The van der Waals surface area contributed by atoms with Gasteiger partial charge in [0.25, 0.3) is 0 Å². The predicted octanol–water partition coefficient (Wildman–Crippen LogP) is 1.35. The highest BCUT2D eigenvalue weighted by Gasteiger charge is 2.15. The van der Waals surface area contributed by atoms with Gasteiger partial charge in [0.1, 0.15) is 0 Å². The van der Waals surface area contributed by atoms with Gasteiger partial charge in [0.15, 0.2) is 5.75 Å².